The first-order chi connectivity index (χ1) is 13.3. The van der Waals surface area contributed by atoms with Crippen LogP contribution in [0, 0.1) is 0 Å². The first-order valence-corrected chi connectivity index (χ1v) is 8.49. The number of amides is 1. The van der Waals surface area contributed by atoms with Gasteiger partial charge in [0, 0.05) is 10.9 Å². The number of halogens is 3. The van der Waals surface area contributed by atoms with Gasteiger partial charge in [-0.3, -0.25) is 9.59 Å². The van der Waals surface area contributed by atoms with Gasteiger partial charge in [-0.1, -0.05) is 66.7 Å². The molecule has 1 atom stereocenters. The molecule has 4 rings (SSSR count). The normalized spacial score (nSPS) is 18.6. The van der Waals surface area contributed by atoms with Crippen molar-refractivity contribution >= 4 is 28.3 Å². The lowest BCUT2D eigenvalue weighted by molar-refractivity contribution is -0.262. The third-order valence-corrected chi connectivity index (χ3v) is 4.72. The summed E-state index contributed by atoms with van der Waals surface area (Å²) in [6, 6.07) is 17.6. The van der Waals surface area contributed by atoms with Crippen LogP contribution in [0.1, 0.15) is 11.1 Å². The fourth-order valence-electron chi connectivity index (χ4n) is 3.43. The van der Waals surface area contributed by atoms with Crippen LogP contribution >= 0.6 is 0 Å². The van der Waals surface area contributed by atoms with Gasteiger partial charge in [0.15, 0.2) is 0 Å². The van der Waals surface area contributed by atoms with Crippen LogP contribution in [-0.4, -0.2) is 18.1 Å². The summed E-state index contributed by atoms with van der Waals surface area (Å²) in [6.07, 6.45) is -5.51. The van der Waals surface area contributed by atoms with Crippen molar-refractivity contribution in [3.05, 3.63) is 77.9 Å². The number of anilines is 1. The average Bonchev–Trinajstić information content (AvgIpc) is 2.95. The molecule has 0 bridgehead atoms. The second kappa shape index (κ2) is 6.37. The number of hydrogen-bond acceptors (Lipinski definition) is 3. The van der Waals surface area contributed by atoms with E-state index < -0.39 is 29.2 Å². The van der Waals surface area contributed by atoms with Crippen LogP contribution in [0.2, 0.25) is 0 Å². The van der Waals surface area contributed by atoms with Gasteiger partial charge in [0.25, 0.3) is 5.91 Å². The van der Waals surface area contributed by atoms with Crippen molar-refractivity contribution in [3.8, 4) is 0 Å². The third kappa shape index (κ3) is 2.70. The highest BCUT2D eigenvalue weighted by Gasteiger charge is 2.69. The van der Waals surface area contributed by atoms with Crippen molar-refractivity contribution in [1.29, 1.82) is 0 Å². The number of hydrogen-bond donors (Lipinski definition) is 1. The van der Waals surface area contributed by atoms with Crippen molar-refractivity contribution in [2.45, 2.75) is 18.2 Å². The number of fused-ring (bicyclic) bond motifs is 3. The summed E-state index contributed by atoms with van der Waals surface area (Å²) in [6.45, 7) is 0. The van der Waals surface area contributed by atoms with Crippen LogP contribution in [-0.2, 0) is 26.3 Å². The quantitative estimate of drug-likeness (QED) is 0.683. The van der Waals surface area contributed by atoms with E-state index in [0.717, 1.165) is 0 Å². The average molecular weight is 385 g/mol. The minimum Gasteiger partial charge on any atom is -0.434 e. The fraction of sp³-hybridized carbons (Fsp3) is 0.143. The van der Waals surface area contributed by atoms with Crippen LogP contribution in [0.5, 0.6) is 0 Å². The highest BCUT2D eigenvalue weighted by Crippen LogP contribution is 2.51. The van der Waals surface area contributed by atoms with Crippen molar-refractivity contribution in [3.63, 3.8) is 0 Å². The van der Waals surface area contributed by atoms with Gasteiger partial charge in [-0.15, -0.1) is 0 Å². The topological polar surface area (TPSA) is 55.4 Å². The van der Waals surface area contributed by atoms with Gasteiger partial charge >= 0.3 is 17.7 Å². The number of benzene rings is 3. The third-order valence-electron chi connectivity index (χ3n) is 4.72. The van der Waals surface area contributed by atoms with E-state index in [1.807, 2.05) is 0 Å². The monoisotopic (exact) mass is 385 g/mol. The lowest BCUT2D eigenvalue weighted by Gasteiger charge is -2.29. The number of rotatable bonds is 3. The largest absolute Gasteiger partial charge is 0.442 e. The molecule has 1 amide bonds. The molecule has 0 saturated carbocycles. The minimum atomic E-state index is -5.13. The van der Waals surface area contributed by atoms with E-state index in [1.165, 1.54) is 12.1 Å². The lowest BCUT2D eigenvalue weighted by Crippen LogP contribution is -2.51. The molecule has 3 aromatic rings. The van der Waals surface area contributed by atoms with Crippen molar-refractivity contribution < 1.29 is 27.5 Å². The second-order valence-corrected chi connectivity index (χ2v) is 6.48. The molecule has 0 aliphatic carbocycles. The lowest BCUT2D eigenvalue weighted by atomic mass is 9.92. The van der Waals surface area contributed by atoms with Gasteiger partial charge in [-0.2, -0.15) is 13.2 Å². The maximum atomic E-state index is 14.1. The number of carbonyl (C=O) groups excluding carboxylic acids is 2. The Balaban J connectivity index is 1.80. The Bertz CT molecular complexity index is 1080. The maximum absolute atomic E-state index is 14.1. The predicted octanol–water partition coefficient (Wildman–Crippen LogP) is 4.34. The van der Waals surface area contributed by atoms with Crippen LogP contribution in [0.25, 0.3) is 10.8 Å². The summed E-state index contributed by atoms with van der Waals surface area (Å²) < 4.78 is 47.2. The summed E-state index contributed by atoms with van der Waals surface area (Å²) >= 11 is 0. The molecule has 0 saturated heterocycles. The fourth-order valence-corrected chi connectivity index (χ4v) is 3.43. The molecule has 1 N–H and O–H groups in total. The molecular formula is C21H14F3NO3. The SMILES string of the molecule is O=C(Cc1ccccc1)OC1(C(F)(F)F)C(=O)Nc2c1ccc1ccccc21. The Morgan fingerprint density at radius 3 is 2.36 bits per heavy atom. The minimum absolute atomic E-state index is 0.00735. The van der Waals surface area contributed by atoms with Gasteiger partial charge in [0.2, 0.25) is 0 Å². The van der Waals surface area contributed by atoms with E-state index in [0.29, 0.717) is 16.3 Å². The Hall–Kier alpha value is -3.35. The Morgan fingerprint density at radius 2 is 1.64 bits per heavy atom. The van der Waals surface area contributed by atoms with E-state index in [1.54, 1.807) is 54.6 Å². The maximum Gasteiger partial charge on any atom is 0.442 e. The van der Waals surface area contributed by atoms with Crippen LogP contribution < -0.4 is 5.32 Å². The number of esters is 1. The second-order valence-electron chi connectivity index (χ2n) is 6.48. The molecule has 4 nitrogen and oxygen atoms in total. The smallest absolute Gasteiger partial charge is 0.434 e. The van der Waals surface area contributed by atoms with Crippen molar-refractivity contribution in [2.24, 2.45) is 0 Å². The first-order valence-electron chi connectivity index (χ1n) is 8.49. The van der Waals surface area contributed by atoms with Crippen LogP contribution in [0.4, 0.5) is 18.9 Å². The number of carbonyl (C=O) groups is 2. The van der Waals surface area contributed by atoms with E-state index in [-0.39, 0.29) is 12.1 Å². The summed E-state index contributed by atoms with van der Waals surface area (Å²) in [5.74, 6) is -2.56. The van der Waals surface area contributed by atoms with E-state index >= 15 is 0 Å². The predicted molar refractivity (Wildman–Crippen MR) is 96.5 cm³/mol. The number of ether oxygens (including phenoxy) is 1. The summed E-state index contributed by atoms with van der Waals surface area (Å²) in [7, 11) is 0. The van der Waals surface area contributed by atoms with E-state index in [9.17, 15) is 22.8 Å². The van der Waals surface area contributed by atoms with Gasteiger partial charge in [-0.05, 0) is 10.9 Å². The van der Waals surface area contributed by atoms with Gasteiger partial charge in [-0.25, -0.2) is 0 Å². The van der Waals surface area contributed by atoms with Gasteiger partial charge in [0.05, 0.1) is 12.1 Å². The summed E-state index contributed by atoms with van der Waals surface area (Å²) in [5.41, 5.74) is -3.29. The van der Waals surface area contributed by atoms with Gasteiger partial charge < -0.3 is 10.1 Å². The standard InChI is InChI=1S/C21H14F3NO3/c22-21(23,24)20(28-17(26)12-13-6-2-1-3-7-13)16-11-10-14-8-4-5-9-15(14)18(16)25-19(20)27/h1-11H,12H2,(H,25,27). The molecule has 28 heavy (non-hydrogen) atoms. The Morgan fingerprint density at radius 1 is 0.964 bits per heavy atom. The summed E-state index contributed by atoms with van der Waals surface area (Å²) in [4.78, 5) is 24.9. The molecule has 1 aliphatic heterocycles. The van der Waals surface area contributed by atoms with E-state index in [2.05, 4.69) is 5.32 Å². The number of alkyl halides is 3. The molecule has 0 radical (unpaired) electrons. The molecular weight excluding hydrogens is 371 g/mol. The zero-order valence-electron chi connectivity index (χ0n) is 14.4. The van der Waals surface area contributed by atoms with Gasteiger partial charge in [0.1, 0.15) is 0 Å². The highest BCUT2D eigenvalue weighted by molar-refractivity contribution is 6.14. The molecule has 1 aliphatic rings. The highest BCUT2D eigenvalue weighted by atomic mass is 19.4. The van der Waals surface area contributed by atoms with Crippen molar-refractivity contribution in [2.75, 3.05) is 5.32 Å². The molecule has 0 fully saturated rings. The summed E-state index contributed by atoms with van der Waals surface area (Å²) in [5, 5.41) is 3.38. The first kappa shape index (κ1) is 18.0. The molecule has 1 heterocycles. The van der Waals surface area contributed by atoms with Crippen molar-refractivity contribution in [1.82, 2.24) is 0 Å². The molecule has 142 valence electrons. The Kier molecular flexibility index (Phi) is 4.10. The molecule has 0 aromatic heterocycles. The molecule has 0 spiro atoms. The Labute approximate surface area is 157 Å². The number of nitrogens with one attached hydrogen (secondary N) is 1. The zero-order chi connectivity index (χ0) is 19.9. The van der Waals surface area contributed by atoms with Crippen LogP contribution in [0.3, 0.4) is 0 Å². The molecule has 3 aromatic carbocycles. The van der Waals surface area contributed by atoms with Crippen LogP contribution in [0.15, 0.2) is 66.7 Å². The molecule has 7 heteroatoms. The molecule has 1 unspecified atom stereocenters. The van der Waals surface area contributed by atoms with E-state index in [4.69, 9.17) is 4.74 Å². The zero-order valence-corrected chi connectivity index (χ0v) is 14.4.